The van der Waals surface area contributed by atoms with Gasteiger partial charge in [-0.3, -0.25) is 9.79 Å². The van der Waals surface area contributed by atoms with Gasteiger partial charge in [0.1, 0.15) is 0 Å². The van der Waals surface area contributed by atoms with Crippen LogP contribution < -0.4 is 25.4 Å². The second-order valence-corrected chi connectivity index (χ2v) is 5.42. The molecule has 2 rings (SSSR count). The van der Waals surface area contributed by atoms with E-state index in [9.17, 15) is 4.79 Å². The number of hydrogen-bond acceptors (Lipinski definition) is 5. The van der Waals surface area contributed by atoms with Gasteiger partial charge in [0.05, 0.1) is 26.5 Å². The summed E-state index contributed by atoms with van der Waals surface area (Å²) in [5, 5.41) is 9.13. The van der Waals surface area contributed by atoms with Crippen molar-refractivity contribution in [1.29, 1.82) is 0 Å². The average molecular weight is 374 g/mol. The van der Waals surface area contributed by atoms with Crippen LogP contribution in [0.1, 0.15) is 24.4 Å². The molecule has 0 aliphatic carbocycles. The predicted octanol–water partition coefficient (Wildman–Crippen LogP) is 2.49. The Morgan fingerprint density at radius 2 is 2.04 bits per heavy atom. The molecule has 0 fully saturated rings. The largest absolute Gasteiger partial charge is 0.493 e. The molecule has 0 saturated heterocycles. The van der Waals surface area contributed by atoms with Crippen LogP contribution in [0, 0.1) is 0 Å². The van der Waals surface area contributed by atoms with E-state index < -0.39 is 0 Å². The lowest BCUT2D eigenvalue weighted by Crippen LogP contribution is -2.32. The number of rotatable bonds is 9. The summed E-state index contributed by atoms with van der Waals surface area (Å²) >= 11 is 0. The van der Waals surface area contributed by atoms with Gasteiger partial charge in [-0.15, -0.1) is 0 Å². The van der Waals surface area contributed by atoms with E-state index in [1.807, 2.05) is 32.0 Å². The Morgan fingerprint density at radius 3 is 2.70 bits per heavy atom. The fourth-order valence-electron chi connectivity index (χ4n) is 2.30. The van der Waals surface area contributed by atoms with Crippen molar-refractivity contribution in [2.45, 2.75) is 13.8 Å². The van der Waals surface area contributed by atoms with Crippen LogP contribution in [0.15, 0.2) is 46.0 Å². The fourth-order valence-corrected chi connectivity index (χ4v) is 2.30. The van der Waals surface area contributed by atoms with E-state index in [2.05, 4.69) is 20.9 Å². The lowest BCUT2D eigenvalue weighted by atomic mass is 10.2. The maximum atomic E-state index is 11.8. The van der Waals surface area contributed by atoms with Crippen LogP contribution >= 0.6 is 0 Å². The van der Waals surface area contributed by atoms with Gasteiger partial charge in [-0.25, -0.2) is 0 Å². The van der Waals surface area contributed by atoms with Crippen LogP contribution in [-0.2, 0) is 0 Å². The Balaban J connectivity index is 1.93. The van der Waals surface area contributed by atoms with Gasteiger partial charge in [0.15, 0.2) is 23.2 Å². The molecule has 1 aromatic carbocycles. The first kappa shape index (κ1) is 20.2. The van der Waals surface area contributed by atoms with Crippen molar-refractivity contribution >= 4 is 17.6 Å². The highest BCUT2D eigenvalue weighted by molar-refractivity contribution is 5.94. The van der Waals surface area contributed by atoms with Gasteiger partial charge in [0, 0.05) is 24.8 Å². The normalized spacial score (nSPS) is 11.0. The molecule has 0 atom stereocenters. The van der Waals surface area contributed by atoms with Gasteiger partial charge in [0.25, 0.3) is 5.91 Å². The molecule has 2 aromatic rings. The number of furan rings is 1. The van der Waals surface area contributed by atoms with Gasteiger partial charge >= 0.3 is 0 Å². The summed E-state index contributed by atoms with van der Waals surface area (Å²) < 4.78 is 15.9. The number of carbonyl (C=O) groups excluding carboxylic acids is 1. The molecular formula is C19H26N4O4. The fraction of sp³-hybridized carbons (Fsp3) is 0.368. The summed E-state index contributed by atoms with van der Waals surface area (Å²) in [4.78, 5) is 16.3. The van der Waals surface area contributed by atoms with Crippen molar-refractivity contribution < 1.29 is 18.7 Å². The lowest BCUT2D eigenvalue weighted by Gasteiger charge is -2.14. The minimum absolute atomic E-state index is 0.260. The Bertz CT molecular complexity index is 744. The molecule has 0 aliphatic heterocycles. The highest BCUT2D eigenvalue weighted by Gasteiger charge is 2.08. The maximum absolute atomic E-state index is 11.8. The van der Waals surface area contributed by atoms with Crippen molar-refractivity contribution in [2.24, 2.45) is 4.99 Å². The van der Waals surface area contributed by atoms with Gasteiger partial charge < -0.3 is 29.8 Å². The summed E-state index contributed by atoms with van der Waals surface area (Å²) in [6.45, 7) is 5.98. The van der Waals surface area contributed by atoms with Crippen LogP contribution in [-0.4, -0.2) is 45.2 Å². The highest BCUT2D eigenvalue weighted by Crippen LogP contribution is 2.30. The zero-order valence-electron chi connectivity index (χ0n) is 15.9. The van der Waals surface area contributed by atoms with Crippen molar-refractivity contribution in [3.8, 4) is 11.5 Å². The topological polar surface area (TPSA) is 97.1 Å². The van der Waals surface area contributed by atoms with Gasteiger partial charge in [0.2, 0.25) is 0 Å². The summed E-state index contributed by atoms with van der Waals surface area (Å²) in [6, 6.07) is 8.86. The molecule has 1 amide bonds. The van der Waals surface area contributed by atoms with Crippen molar-refractivity contribution in [3.05, 3.63) is 42.4 Å². The number of benzene rings is 1. The number of anilines is 1. The highest BCUT2D eigenvalue weighted by atomic mass is 16.5. The molecule has 3 N–H and O–H groups in total. The number of carbonyl (C=O) groups is 1. The molecule has 27 heavy (non-hydrogen) atoms. The molecule has 146 valence electrons. The summed E-state index contributed by atoms with van der Waals surface area (Å²) in [7, 11) is 1.60. The first-order valence-corrected chi connectivity index (χ1v) is 8.85. The summed E-state index contributed by atoms with van der Waals surface area (Å²) in [6.07, 6.45) is 1.46. The smallest absolute Gasteiger partial charge is 0.287 e. The van der Waals surface area contributed by atoms with Gasteiger partial charge in [-0.2, -0.15) is 0 Å². The second kappa shape index (κ2) is 10.7. The molecular weight excluding hydrogens is 348 g/mol. The third-order valence-corrected chi connectivity index (χ3v) is 3.48. The zero-order chi connectivity index (χ0) is 19.5. The quantitative estimate of drug-likeness (QED) is 0.354. The Hall–Kier alpha value is -3.16. The molecule has 0 spiro atoms. The molecule has 0 bridgehead atoms. The monoisotopic (exact) mass is 374 g/mol. The number of nitrogens with zero attached hydrogens (tertiary/aromatic N) is 1. The maximum Gasteiger partial charge on any atom is 0.287 e. The molecule has 8 nitrogen and oxygen atoms in total. The number of hydrogen-bond donors (Lipinski definition) is 3. The summed E-state index contributed by atoms with van der Waals surface area (Å²) in [5.74, 6) is 1.96. The molecule has 1 heterocycles. The molecule has 0 unspecified atom stereocenters. The number of guanidine groups is 1. The van der Waals surface area contributed by atoms with Crippen LogP contribution in [0.25, 0.3) is 0 Å². The molecule has 1 aromatic heterocycles. The van der Waals surface area contributed by atoms with Crippen molar-refractivity contribution in [2.75, 3.05) is 38.7 Å². The second-order valence-electron chi connectivity index (χ2n) is 5.42. The average Bonchev–Trinajstić information content (AvgIpc) is 3.21. The minimum Gasteiger partial charge on any atom is -0.493 e. The third-order valence-electron chi connectivity index (χ3n) is 3.48. The van der Waals surface area contributed by atoms with Crippen molar-refractivity contribution in [3.63, 3.8) is 0 Å². The first-order valence-electron chi connectivity index (χ1n) is 8.85. The Morgan fingerprint density at radius 1 is 1.19 bits per heavy atom. The molecule has 8 heteroatoms. The number of aliphatic imine (C=N–C) groups is 1. The lowest BCUT2D eigenvalue weighted by molar-refractivity contribution is 0.0927. The number of nitrogens with one attached hydrogen (secondary N) is 3. The van der Waals surface area contributed by atoms with Crippen LogP contribution in [0.3, 0.4) is 0 Å². The molecule has 0 saturated carbocycles. The number of amides is 1. The van der Waals surface area contributed by atoms with E-state index >= 15 is 0 Å². The van der Waals surface area contributed by atoms with E-state index in [-0.39, 0.29) is 11.7 Å². The van der Waals surface area contributed by atoms with Crippen LogP contribution in [0.2, 0.25) is 0 Å². The minimum atomic E-state index is -0.260. The SMILES string of the molecule is CCNC(=NCCNC(=O)c1ccco1)Nc1ccc(OCC)c(OC)c1. The third kappa shape index (κ3) is 6.25. The number of ether oxygens (including phenoxy) is 2. The Labute approximate surface area is 159 Å². The summed E-state index contributed by atoms with van der Waals surface area (Å²) in [5.41, 5.74) is 0.814. The van der Waals surface area contributed by atoms with Crippen LogP contribution in [0.5, 0.6) is 11.5 Å². The van der Waals surface area contributed by atoms with E-state index in [4.69, 9.17) is 13.9 Å². The van der Waals surface area contributed by atoms with E-state index in [0.29, 0.717) is 43.7 Å². The van der Waals surface area contributed by atoms with Crippen molar-refractivity contribution in [1.82, 2.24) is 10.6 Å². The molecule has 0 aliphatic rings. The van der Waals surface area contributed by atoms with Gasteiger partial charge in [-0.05, 0) is 38.1 Å². The van der Waals surface area contributed by atoms with E-state index in [0.717, 1.165) is 5.69 Å². The van der Waals surface area contributed by atoms with Gasteiger partial charge in [-0.1, -0.05) is 0 Å². The van der Waals surface area contributed by atoms with E-state index in [1.54, 1.807) is 19.2 Å². The zero-order valence-corrected chi connectivity index (χ0v) is 15.9. The van der Waals surface area contributed by atoms with E-state index in [1.165, 1.54) is 6.26 Å². The first-order chi connectivity index (χ1) is 13.2. The Kier molecular flexibility index (Phi) is 8.02. The standard InChI is InChI=1S/C19H26N4O4/c1-4-20-19(22-11-10-21-18(24)16-7-6-12-27-16)23-14-8-9-15(26-5-2)17(13-14)25-3/h6-9,12-13H,4-5,10-11H2,1-3H3,(H,21,24)(H2,20,22,23). The predicted molar refractivity (Wildman–Crippen MR) is 105 cm³/mol. The number of methoxy groups -OCH3 is 1. The molecule has 0 radical (unpaired) electrons. The van der Waals surface area contributed by atoms with Crippen LogP contribution in [0.4, 0.5) is 5.69 Å².